The Morgan fingerprint density at radius 1 is 1.23 bits per heavy atom. The van der Waals surface area contributed by atoms with Gasteiger partial charge in [-0.15, -0.1) is 0 Å². The van der Waals surface area contributed by atoms with Gasteiger partial charge < -0.3 is 14.7 Å². The molecule has 2 aliphatic rings. The van der Waals surface area contributed by atoms with Gasteiger partial charge in [0.05, 0.1) is 35.1 Å². The number of nitrogens with zero attached hydrogens (tertiary/aromatic N) is 5. The number of piperidine rings is 1. The first-order chi connectivity index (χ1) is 15.0. The van der Waals surface area contributed by atoms with E-state index < -0.39 is 0 Å². The number of anilines is 1. The number of rotatable bonds is 3. The molecular formula is C22H25Cl2N5O2. The zero-order chi connectivity index (χ0) is 21.6. The van der Waals surface area contributed by atoms with Crippen LogP contribution in [0.3, 0.4) is 0 Å². The number of aliphatic hydroxyl groups excluding tert-OH is 1. The molecule has 2 saturated heterocycles. The SMILES string of the molecule is CC1COCC2(CCN(c3nc4cnn(-c5cccc(Cl)c5Cl)c4nc3CO)CC2)C1. The first-order valence-corrected chi connectivity index (χ1v) is 11.4. The van der Waals surface area contributed by atoms with Gasteiger partial charge in [0.25, 0.3) is 0 Å². The third-order valence-electron chi connectivity index (χ3n) is 6.48. The largest absolute Gasteiger partial charge is 0.390 e. The Hall–Kier alpha value is -1.93. The van der Waals surface area contributed by atoms with E-state index in [1.54, 1.807) is 16.9 Å². The molecule has 2 aromatic heterocycles. The fourth-order valence-corrected chi connectivity index (χ4v) is 5.32. The molecule has 3 aromatic rings. The van der Waals surface area contributed by atoms with E-state index in [0.29, 0.717) is 38.5 Å². The third-order valence-corrected chi connectivity index (χ3v) is 7.28. The standard InChI is InChI=1S/C22H25Cl2N5O2/c1-14-9-22(13-31-12-14)5-7-28(8-6-22)20-17(11-30)27-21-16(26-20)10-25-29(21)18-4-2-3-15(23)19(18)24/h2-4,10,14,30H,5-9,11-13H2,1H3. The molecule has 0 aliphatic carbocycles. The fourth-order valence-electron chi connectivity index (χ4n) is 4.94. The van der Waals surface area contributed by atoms with Crippen molar-refractivity contribution in [2.24, 2.45) is 11.3 Å². The van der Waals surface area contributed by atoms with Gasteiger partial charge in [0.1, 0.15) is 11.2 Å². The maximum Gasteiger partial charge on any atom is 0.182 e. The molecule has 5 rings (SSSR count). The summed E-state index contributed by atoms with van der Waals surface area (Å²) >= 11 is 12.6. The Morgan fingerprint density at radius 3 is 2.77 bits per heavy atom. The molecule has 9 heteroatoms. The van der Waals surface area contributed by atoms with Crippen LogP contribution < -0.4 is 4.90 Å². The van der Waals surface area contributed by atoms with Crippen molar-refractivity contribution in [1.82, 2.24) is 19.7 Å². The highest BCUT2D eigenvalue weighted by molar-refractivity contribution is 6.43. The number of ether oxygens (including phenoxy) is 1. The van der Waals surface area contributed by atoms with Crippen LogP contribution >= 0.6 is 23.2 Å². The quantitative estimate of drug-likeness (QED) is 0.627. The second-order valence-corrected chi connectivity index (χ2v) is 9.59. The highest BCUT2D eigenvalue weighted by Crippen LogP contribution is 2.42. The molecule has 1 unspecified atom stereocenters. The van der Waals surface area contributed by atoms with Crippen molar-refractivity contribution < 1.29 is 9.84 Å². The summed E-state index contributed by atoms with van der Waals surface area (Å²) in [6, 6.07) is 5.36. The van der Waals surface area contributed by atoms with Crippen molar-refractivity contribution in [3.05, 3.63) is 40.1 Å². The number of hydrogen-bond acceptors (Lipinski definition) is 6. The van der Waals surface area contributed by atoms with Gasteiger partial charge in [-0.2, -0.15) is 5.10 Å². The van der Waals surface area contributed by atoms with Crippen LogP contribution in [0.5, 0.6) is 0 Å². The van der Waals surface area contributed by atoms with Crippen molar-refractivity contribution in [1.29, 1.82) is 0 Å². The van der Waals surface area contributed by atoms with Crippen molar-refractivity contribution in [2.75, 3.05) is 31.2 Å². The minimum atomic E-state index is -0.200. The monoisotopic (exact) mass is 461 g/mol. The molecule has 1 N–H and O–H groups in total. The highest BCUT2D eigenvalue weighted by atomic mass is 35.5. The van der Waals surface area contributed by atoms with Crippen LogP contribution in [0.4, 0.5) is 5.82 Å². The number of hydrogen-bond donors (Lipinski definition) is 1. The van der Waals surface area contributed by atoms with E-state index in [1.807, 2.05) is 12.1 Å². The van der Waals surface area contributed by atoms with Crippen molar-refractivity contribution in [2.45, 2.75) is 32.8 Å². The minimum Gasteiger partial charge on any atom is -0.390 e. The highest BCUT2D eigenvalue weighted by Gasteiger charge is 2.39. The Labute approximate surface area is 190 Å². The molecular weight excluding hydrogens is 437 g/mol. The second-order valence-electron chi connectivity index (χ2n) is 8.80. The van der Waals surface area contributed by atoms with Gasteiger partial charge >= 0.3 is 0 Å². The molecule has 164 valence electrons. The topological polar surface area (TPSA) is 76.3 Å². The molecule has 1 aromatic carbocycles. The van der Waals surface area contributed by atoms with Crippen LogP contribution in [0.25, 0.3) is 16.9 Å². The van der Waals surface area contributed by atoms with E-state index in [1.165, 1.54) is 6.42 Å². The number of aromatic nitrogens is 4. The van der Waals surface area contributed by atoms with Gasteiger partial charge in [-0.05, 0) is 42.7 Å². The lowest BCUT2D eigenvalue weighted by Gasteiger charge is -2.46. The third kappa shape index (κ3) is 3.78. The van der Waals surface area contributed by atoms with E-state index in [-0.39, 0.29) is 12.0 Å². The lowest BCUT2D eigenvalue weighted by atomic mass is 9.72. The van der Waals surface area contributed by atoms with Crippen LogP contribution in [0.1, 0.15) is 31.9 Å². The molecule has 2 fully saturated rings. The number of halogens is 2. The van der Waals surface area contributed by atoms with Crippen LogP contribution in [-0.4, -0.2) is 51.2 Å². The summed E-state index contributed by atoms with van der Waals surface area (Å²) in [6.45, 7) is 5.52. The summed E-state index contributed by atoms with van der Waals surface area (Å²) in [6.07, 6.45) is 5.00. The molecule has 1 spiro atoms. The fraction of sp³-hybridized carbons (Fsp3) is 0.500. The molecule has 0 saturated carbocycles. The van der Waals surface area contributed by atoms with Gasteiger partial charge in [-0.3, -0.25) is 0 Å². The van der Waals surface area contributed by atoms with Gasteiger partial charge in [0.15, 0.2) is 11.5 Å². The zero-order valence-electron chi connectivity index (χ0n) is 17.4. The van der Waals surface area contributed by atoms with Crippen molar-refractivity contribution in [3.8, 4) is 5.69 Å². The Bertz CT molecular complexity index is 1110. The first-order valence-electron chi connectivity index (χ1n) is 10.6. The number of fused-ring (bicyclic) bond motifs is 1. The van der Waals surface area contributed by atoms with E-state index in [0.717, 1.165) is 45.0 Å². The van der Waals surface area contributed by atoms with E-state index in [9.17, 15) is 5.11 Å². The average molecular weight is 462 g/mol. The van der Waals surface area contributed by atoms with Gasteiger partial charge in [-0.25, -0.2) is 14.6 Å². The average Bonchev–Trinajstić information content (AvgIpc) is 3.18. The van der Waals surface area contributed by atoms with Crippen LogP contribution in [0, 0.1) is 11.3 Å². The number of aliphatic hydroxyl groups is 1. The lowest BCUT2D eigenvalue weighted by molar-refractivity contribution is -0.0490. The molecule has 7 nitrogen and oxygen atoms in total. The predicted molar refractivity (Wildman–Crippen MR) is 121 cm³/mol. The molecule has 4 heterocycles. The molecule has 2 aliphatic heterocycles. The Balaban J connectivity index is 1.46. The normalized spacial score (nSPS) is 21.2. The van der Waals surface area contributed by atoms with E-state index in [4.69, 9.17) is 37.9 Å². The molecule has 31 heavy (non-hydrogen) atoms. The summed E-state index contributed by atoms with van der Waals surface area (Å²) in [7, 11) is 0. The maximum absolute atomic E-state index is 10.1. The first kappa shape index (κ1) is 20.9. The second kappa shape index (κ2) is 8.20. The molecule has 0 bridgehead atoms. The summed E-state index contributed by atoms with van der Waals surface area (Å²) in [5.41, 5.74) is 2.62. The van der Waals surface area contributed by atoms with E-state index in [2.05, 4.69) is 16.9 Å². The Morgan fingerprint density at radius 2 is 2.03 bits per heavy atom. The molecule has 0 amide bonds. The van der Waals surface area contributed by atoms with Crippen LogP contribution in [0.2, 0.25) is 10.0 Å². The van der Waals surface area contributed by atoms with Gasteiger partial charge in [-0.1, -0.05) is 36.2 Å². The van der Waals surface area contributed by atoms with Crippen LogP contribution in [0.15, 0.2) is 24.4 Å². The lowest BCUT2D eigenvalue weighted by Crippen LogP contribution is -2.46. The summed E-state index contributed by atoms with van der Waals surface area (Å²) in [5.74, 6) is 1.33. The smallest absolute Gasteiger partial charge is 0.182 e. The summed E-state index contributed by atoms with van der Waals surface area (Å²) < 4.78 is 7.48. The maximum atomic E-state index is 10.1. The van der Waals surface area contributed by atoms with Crippen molar-refractivity contribution in [3.63, 3.8) is 0 Å². The zero-order valence-corrected chi connectivity index (χ0v) is 18.9. The Kier molecular flexibility index (Phi) is 5.54. The van der Waals surface area contributed by atoms with Crippen LogP contribution in [-0.2, 0) is 11.3 Å². The minimum absolute atomic E-state index is 0.200. The van der Waals surface area contributed by atoms with Gasteiger partial charge in [0, 0.05) is 19.7 Å². The van der Waals surface area contributed by atoms with Gasteiger partial charge in [0.2, 0.25) is 0 Å². The van der Waals surface area contributed by atoms with Crippen molar-refractivity contribution >= 4 is 40.2 Å². The summed E-state index contributed by atoms with van der Waals surface area (Å²) in [4.78, 5) is 11.8. The summed E-state index contributed by atoms with van der Waals surface area (Å²) in [5, 5.41) is 15.3. The predicted octanol–water partition coefficient (Wildman–Crippen LogP) is 4.26. The molecule has 1 atom stereocenters. The van der Waals surface area contributed by atoms with E-state index >= 15 is 0 Å². The number of benzene rings is 1. The molecule has 0 radical (unpaired) electrons.